The van der Waals surface area contributed by atoms with Gasteiger partial charge in [0.15, 0.2) is 11.6 Å². The third-order valence-electron chi connectivity index (χ3n) is 7.07. The van der Waals surface area contributed by atoms with E-state index < -0.39 is 11.6 Å². The predicted molar refractivity (Wildman–Crippen MR) is 134 cm³/mol. The Bertz CT molecular complexity index is 1110. The van der Waals surface area contributed by atoms with Crippen LogP contribution in [-0.4, -0.2) is 0 Å². The van der Waals surface area contributed by atoms with Gasteiger partial charge in [-0.3, -0.25) is 0 Å². The summed E-state index contributed by atoms with van der Waals surface area (Å²) < 4.78 is 27.3. The molecule has 1 aliphatic carbocycles. The maximum absolute atomic E-state index is 13.9. The van der Waals surface area contributed by atoms with E-state index in [4.69, 9.17) is 0 Å². The van der Waals surface area contributed by atoms with E-state index in [9.17, 15) is 8.78 Å². The molecule has 0 nitrogen and oxygen atoms in total. The van der Waals surface area contributed by atoms with Crippen molar-refractivity contribution in [3.8, 4) is 11.8 Å². The van der Waals surface area contributed by atoms with Gasteiger partial charge < -0.3 is 0 Å². The fourth-order valence-corrected chi connectivity index (χ4v) is 4.99. The molecule has 0 saturated heterocycles. The van der Waals surface area contributed by atoms with Crippen molar-refractivity contribution in [3.63, 3.8) is 0 Å². The summed E-state index contributed by atoms with van der Waals surface area (Å²) >= 11 is 0. The highest BCUT2D eigenvalue weighted by atomic mass is 19.2. The van der Waals surface area contributed by atoms with Gasteiger partial charge >= 0.3 is 0 Å². The molecule has 1 saturated carbocycles. The summed E-state index contributed by atoms with van der Waals surface area (Å²) in [6, 6.07) is 17.4. The van der Waals surface area contributed by atoms with Gasteiger partial charge in [-0.1, -0.05) is 80.8 Å². The van der Waals surface area contributed by atoms with Crippen molar-refractivity contribution >= 4 is 10.8 Å². The fraction of sp³-hybridized carbons (Fsp3) is 0.419. The van der Waals surface area contributed by atoms with Crippen LogP contribution in [0.2, 0.25) is 0 Å². The predicted octanol–water partition coefficient (Wildman–Crippen LogP) is 8.96. The number of rotatable bonds is 7. The van der Waals surface area contributed by atoms with Crippen LogP contribution in [0.1, 0.15) is 87.3 Å². The first-order chi connectivity index (χ1) is 16.1. The molecule has 33 heavy (non-hydrogen) atoms. The summed E-state index contributed by atoms with van der Waals surface area (Å²) in [6.45, 7) is 2.26. The summed E-state index contributed by atoms with van der Waals surface area (Å²) in [5.74, 6) is 6.15. The second-order valence-electron chi connectivity index (χ2n) is 9.52. The second kappa shape index (κ2) is 11.5. The van der Waals surface area contributed by atoms with Gasteiger partial charge in [-0.25, -0.2) is 8.78 Å². The molecule has 0 N–H and O–H groups in total. The van der Waals surface area contributed by atoms with Crippen molar-refractivity contribution in [2.45, 2.75) is 77.0 Å². The van der Waals surface area contributed by atoms with Crippen LogP contribution >= 0.6 is 0 Å². The van der Waals surface area contributed by atoms with E-state index in [1.807, 2.05) is 6.07 Å². The van der Waals surface area contributed by atoms with Gasteiger partial charge in [0.1, 0.15) is 0 Å². The molecule has 1 fully saturated rings. The summed E-state index contributed by atoms with van der Waals surface area (Å²) in [4.78, 5) is 0. The largest absolute Gasteiger partial charge is 0.204 e. The number of aryl methyl sites for hydroxylation is 1. The van der Waals surface area contributed by atoms with Crippen LogP contribution in [0, 0.1) is 29.4 Å². The molecule has 0 radical (unpaired) electrons. The Morgan fingerprint density at radius 2 is 1.58 bits per heavy atom. The molecule has 0 unspecified atom stereocenters. The summed E-state index contributed by atoms with van der Waals surface area (Å²) in [5, 5.41) is 0.998. The Hall–Kier alpha value is -2.66. The molecule has 2 heteroatoms. The van der Waals surface area contributed by atoms with Crippen LogP contribution in [0.5, 0.6) is 0 Å². The lowest BCUT2D eigenvalue weighted by atomic mass is 9.78. The molecular weight excluding hydrogens is 410 g/mol. The van der Waals surface area contributed by atoms with Crippen molar-refractivity contribution < 1.29 is 8.78 Å². The maximum atomic E-state index is 13.9. The first-order valence-corrected chi connectivity index (χ1v) is 12.6. The second-order valence-corrected chi connectivity index (χ2v) is 9.52. The minimum atomic E-state index is -0.810. The fourth-order valence-electron chi connectivity index (χ4n) is 4.99. The van der Waals surface area contributed by atoms with E-state index in [1.54, 1.807) is 18.2 Å². The summed E-state index contributed by atoms with van der Waals surface area (Å²) in [7, 11) is 0. The highest BCUT2D eigenvalue weighted by Gasteiger charge is 2.21. The molecule has 0 bridgehead atoms. The highest BCUT2D eigenvalue weighted by molar-refractivity contribution is 5.84. The molecule has 0 heterocycles. The molecule has 0 aromatic heterocycles. The van der Waals surface area contributed by atoms with Crippen molar-refractivity contribution in [2.24, 2.45) is 5.92 Å². The van der Waals surface area contributed by atoms with E-state index in [-0.39, 0.29) is 0 Å². The van der Waals surface area contributed by atoms with E-state index in [0.29, 0.717) is 22.6 Å². The number of benzene rings is 3. The Labute approximate surface area is 197 Å². The number of fused-ring (bicyclic) bond motifs is 1. The number of unbranched alkanes of at least 4 members (excludes halogenated alkanes) is 4. The van der Waals surface area contributed by atoms with Crippen molar-refractivity contribution in [2.75, 3.05) is 0 Å². The lowest BCUT2D eigenvalue weighted by molar-refractivity contribution is 0.384. The van der Waals surface area contributed by atoms with Gasteiger partial charge in [-0.15, -0.1) is 0 Å². The first-order valence-electron chi connectivity index (χ1n) is 12.6. The molecular formula is C31H34F2. The van der Waals surface area contributed by atoms with Gasteiger partial charge in [0.2, 0.25) is 0 Å². The highest BCUT2D eigenvalue weighted by Crippen LogP contribution is 2.35. The zero-order valence-corrected chi connectivity index (χ0v) is 19.7. The molecule has 172 valence electrons. The molecule has 0 amide bonds. The summed E-state index contributed by atoms with van der Waals surface area (Å²) in [5.41, 5.74) is 3.80. The van der Waals surface area contributed by atoms with Gasteiger partial charge in [0.25, 0.3) is 0 Å². The Kier molecular flexibility index (Phi) is 8.16. The molecule has 1 aliphatic rings. The Balaban J connectivity index is 1.28. The van der Waals surface area contributed by atoms with Crippen molar-refractivity contribution in [1.29, 1.82) is 0 Å². The minimum absolute atomic E-state index is 0.309. The maximum Gasteiger partial charge on any atom is 0.166 e. The van der Waals surface area contributed by atoms with Crippen LogP contribution in [0.4, 0.5) is 8.78 Å². The van der Waals surface area contributed by atoms with E-state index in [2.05, 4.69) is 43.0 Å². The van der Waals surface area contributed by atoms with Gasteiger partial charge in [-0.05, 0) is 79.2 Å². The zero-order chi connectivity index (χ0) is 23.0. The monoisotopic (exact) mass is 444 g/mol. The van der Waals surface area contributed by atoms with Crippen molar-refractivity contribution in [1.82, 2.24) is 0 Å². The van der Waals surface area contributed by atoms with Crippen LogP contribution in [-0.2, 0) is 6.42 Å². The lowest BCUT2D eigenvalue weighted by Crippen LogP contribution is -2.12. The summed E-state index contributed by atoms with van der Waals surface area (Å²) in [6.07, 6.45) is 12.4. The first kappa shape index (κ1) is 23.5. The van der Waals surface area contributed by atoms with Crippen LogP contribution in [0.15, 0.2) is 54.6 Å². The average molecular weight is 445 g/mol. The Morgan fingerprint density at radius 1 is 0.818 bits per heavy atom. The van der Waals surface area contributed by atoms with Gasteiger partial charge in [-0.2, -0.15) is 0 Å². The third kappa shape index (κ3) is 6.23. The average Bonchev–Trinajstić information content (AvgIpc) is 2.86. The Morgan fingerprint density at radius 3 is 2.33 bits per heavy atom. The molecule has 4 rings (SSSR count). The third-order valence-corrected chi connectivity index (χ3v) is 7.07. The topological polar surface area (TPSA) is 0 Å². The van der Waals surface area contributed by atoms with Gasteiger partial charge in [0, 0.05) is 16.9 Å². The van der Waals surface area contributed by atoms with Crippen LogP contribution in [0.3, 0.4) is 0 Å². The molecule has 3 aromatic carbocycles. The van der Waals surface area contributed by atoms with E-state index in [1.165, 1.54) is 68.6 Å². The standard InChI is InChI=1S/C31H34F2/c1-2-3-4-5-6-7-23-10-15-26(16-11-23)27-17-12-24(13-18-27)8-9-25-14-20-29-28(22-25)19-21-30(32)31(29)33/h10-11,14-16,19-22,24,27H,2-7,12-13,17-18H2,1H3. The quantitative estimate of drug-likeness (QED) is 0.252. The number of hydrogen-bond donors (Lipinski definition) is 0. The molecule has 0 spiro atoms. The van der Waals surface area contributed by atoms with Crippen LogP contribution in [0.25, 0.3) is 10.8 Å². The molecule has 0 aliphatic heterocycles. The smallest absolute Gasteiger partial charge is 0.166 e. The van der Waals surface area contributed by atoms with Crippen molar-refractivity contribution in [3.05, 3.63) is 82.9 Å². The van der Waals surface area contributed by atoms with Crippen LogP contribution < -0.4 is 0 Å². The number of halogens is 2. The van der Waals surface area contributed by atoms with E-state index >= 15 is 0 Å². The minimum Gasteiger partial charge on any atom is -0.204 e. The lowest BCUT2D eigenvalue weighted by Gasteiger charge is -2.26. The van der Waals surface area contributed by atoms with E-state index in [0.717, 1.165) is 18.4 Å². The SMILES string of the molecule is CCCCCCCc1ccc(C2CCC(C#Cc3ccc4c(F)c(F)ccc4c3)CC2)cc1. The normalized spacial score (nSPS) is 18.2. The number of hydrogen-bond acceptors (Lipinski definition) is 0. The zero-order valence-electron chi connectivity index (χ0n) is 19.7. The van der Waals surface area contributed by atoms with Gasteiger partial charge in [0.05, 0.1) is 0 Å². The molecule has 0 atom stereocenters. The molecule has 3 aromatic rings.